The van der Waals surface area contributed by atoms with Crippen molar-refractivity contribution in [3.63, 3.8) is 0 Å². The number of aromatic nitrogens is 4. The van der Waals surface area contributed by atoms with Gasteiger partial charge in [-0.3, -0.25) is 0 Å². The van der Waals surface area contributed by atoms with Crippen LogP contribution in [0.15, 0.2) is 23.0 Å². The van der Waals surface area contributed by atoms with Crippen molar-refractivity contribution in [1.82, 2.24) is 25.4 Å². The maximum absolute atomic E-state index is 5.43. The van der Waals surface area contributed by atoms with Crippen LogP contribution in [0.1, 0.15) is 39.5 Å². The quantitative estimate of drug-likeness (QED) is 0.871. The molecule has 2 aromatic heterocycles. The Morgan fingerprint density at radius 3 is 2.45 bits per heavy atom. The Morgan fingerprint density at radius 2 is 1.85 bits per heavy atom. The van der Waals surface area contributed by atoms with Gasteiger partial charge < -0.3 is 9.84 Å². The standard InChI is InChI=1S/C14H21N5O/c1-5-15-10(4)11(9(2)3)14-18-13(19-20-14)12-16-7-6-8-17-12/h6-11,15H,5H2,1-4H3. The molecule has 20 heavy (non-hydrogen) atoms. The molecule has 2 atom stereocenters. The Hall–Kier alpha value is -1.82. The average Bonchev–Trinajstić information content (AvgIpc) is 2.89. The Labute approximate surface area is 119 Å². The lowest BCUT2D eigenvalue weighted by Crippen LogP contribution is -2.34. The first kappa shape index (κ1) is 14.6. The van der Waals surface area contributed by atoms with Crippen molar-refractivity contribution in [2.75, 3.05) is 6.54 Å². The van der Waals surface area contributed by atoms with Crippen molar-refractivity contribution in [3.05, 3.63) is 24.4 Å². The third-order valence-electron chi connectivity index (χ3n) is 3.28. The zero-order valence-electron chi connectivity index (χ0n) is 12.4. The minimum Gasteiger partial charge on any atom is -0.338 e. The molecule has 2 heterocycles. The minimum absolute atomic E-state index is 0.167. The summed E-state index contributed by atoms with van der Waals surface area (Å²) >= 11 is 0. The fourth-order valence-electron chi connectivity index (χ4n) is 2.40. The molecular weight excluding hydrogens is 254 g/mol. The molecule has 0 amide bonds. The van der Waals surface area contributed by atoms with E-state index in [0.717, 1.165) is 6.54 Å². The second kappa shape index (κ2) is 6.56. The van der Waals surface area contributed by atoms with Gasteiger partial charge in [0.2, 0.25) is 17.5 Å². The van der Waals surface area contributed by atoms with Gasteiger partial charge in [0.25, 0.3) is 0 Å². The van der Waals surface area contributed by atoms with Crippen LogP contribution >= 0.6 is 0 Å². The van der Waals surface area contributed by atoms with Crippen LogP contribution in [0, 0.1) is 5.92 Å². The molecular formula is C14H21N5O. The number of rotatable bonds is 6. The molecule has 108 valence electrons. The van der Waals surface area contributed by atoms with Gasteiger partial charge in [-0.2, -0.15) is 4.98 Å². The van der Waals surface area contributed by atoms with Crippen molar-refractivity contribution in [3.8, 4) is 11.6 Å². The van der Waals surface area contributed by atoms with Gasteiger partial charge in [0.15, 0.2) is 0 Å². The Balaban J connectivity index is 2.25. The number of nitrogens with zero attached hydrogens (tertiary/aromatic N) is 4. The largest absolute Gasteiger partial charge is 0.338 e. The lowest BCUT2D eigenvalue weighted by atomic mass is 9.89. The molecule has 0 spiro atoms. The summed E-state index contributed by atoms with van der Waals surface area (Å²) in [5, 5.41) is 7.41. The molecule has 6 heteroatoms. The summed E-state index contributed by atoms with van der Waals surface area (Å²) in [6.07, 6.45) is 3.33. The predicted molar refractivity (Wildman–Crippen MR) is 76.0 cm³/mol. The fraction of sp³-hybridized carbons (Fsp3) is 0.571. The molecule has 0 aliphatic carbocycles. The average molecular weight is 275 g/mol. The molecule has 2 rings (SSSR count). The number of hydrogen-bond donors (Lipinski definition) is 1. The molecule has 1 N–H and O–H groups in total. The van der Waals surface area contributed by atoms with Gasteiger partial charge in [-0.05, 0) is 25.5 Å². The maximum atomic E-state index is 5.43. The van der Waals surface area contributed by atoms with E-state index in [-0.39, 0.29) is 12.0 Å². The molecule has 0 aliphatic rings. The Bertz CT molecular complexity index is 525. The van der Waals surface area contributed by atoms with E-state index in [2.05, 4.69) is 53.1 Å². The zero-order valence-corrected chi connectivity index (χ0v) is 12.4. The SMILES string of the molecule is CCNC(C)C(c1nc(-c2ncccn2)no1)C(C)C. The Morgan fingerprint density at radius 1 is 1.15 bits per heavy atom. The van der Waals surface area contributed by atoms with Gasteiger partial charge in [0.1, 0.15) is 0 Å². The minimum atomic E-state index is 0.167. The number of likely N-dealkylation sites (N-methyl/N-ethyl adjacent to an activating group) is 1. The lowest BCUT2D eigenvalue weighted by molar-refractivity contribution is 0.281. The zero-order chi connectivity index (χ0) is 14.5. The van der Waals surface area contributed by atoms with Gasteiger partial charge >= 0.3 is 0 Å². The van der Waals surface area contributed by atoms with Gasteiger partial charge in [-0.1, -0.05) is 25.9 Å². The molecule has 0 radical (unpaired) electrons. The molecule has 0 saturated heterocycles. The monoisotopic (exact) mass is 275 g/mol. The van der Waals surface area contributed by atoms with E-state index in [9.17, 15) is 0 Å². The van der Waals surface area contributed by atoms with Crippen LogP contribution in [-0.4, -0.2) is 32.7 Å². The van der Waals surface area contributed by atoms with E-state index >= 15 is 0 Å². The van der Waals surface area contributed by atoms with E-state index < -0.39 is 0 Å². The summed E-state index contributed by atoms with van der Waals surface area (Å²) in [6.45, 7) is 9.44. The third-order valence-corrected chi connectivity index (χ3v) is 3.28. The molecule has 0 aliphatic heterocycles. The summed E-state index contributed by atoms with van der Waals surface area (Å²) < 4.78 is 5.43. The van der Waals surface area contributed by atoms with Crippen molar-refractivity contribution >= 4 is 0 Å². The van der Waals surface area contributed by atoms with Crippen molar-refractivity contribution in [1.29, 1.82) is 0 Å². The normalized spacial score (nSPS) is 14.4. The van der Waals surface area contributed by atoms with E-state index in [1.165, 1.54) is 0 Å². The summed E-state index contributed by atoms with van der Waals surface area (Å²) in [6, 6.07) is 2.03. The molecule has 0 bridgehead atoms. The molecule has 2 aromatic rings. The molecule has 0 fully saturated rings. The molecule has 0 aromatic carbocycles. The third kappa shape index (κ3) is 3.19. The molecule has 2 unspecified atom stereocenters. The van der Waals surface area contributed by atoms with Crippen LogP contribution in [0.3, 0.4) is 0 Å². The van der Waals surface area contributed by atoms with Crippen LogP contribution in [0.5, 0.6) is 0 Å². The first-order valence-corrected chi connectivity index (χ1v) is 6.97. The lowest BCUT2D eigenvalue weighted by Gasteiger charge is -2.24. The predicted octanol–water partition coefficient (Wildman–Crippen LogP) is 2.26. The highest BCUT2D eigenvalue weighted by Gasteiger charge is 2.28. The highest BCUT2D eigenvalue weighted by atomic mass is 16.5. The van der Waals surface area contributed by atoms with Gasteiger partial charge in [-0.15, -0.1) is 0 Å². The maximum Gasteiger partial charge on any atom is 0.240 e. The van der Waals surface area contributed by atoms with Gasteiger partial charge in [0.05, 0.1) is 5.92 Å². The van der Waals surface area contributed by atoms with Crippen LogP contribution in [0.25, 0.3) is 11.6 Å². The van der Waals surface area contributed by atoms with Crippen LogP contribution in [0.2, 0.25) is 0 Å². The summed E-state index contributed by atoms with van der Waals surface area (Å²) in [7, 11) is 0. The van der Waals surface area contributed by atoms with Crippen molar-refractivity contribution < 1.29 is 4.52 Å². The second-order valence-corrected chi connectivity index (χ2v) is 5.14. The highest BCUT2D eigenvalue weighted by molar-refractivity contribution is 5.40. The fourth-order valence-corrected chi connectivity index (χ4v) is 2.40. The van der Waals surface area contributed by atoms with Crippen LogP contribution in [0.4, 0.5) is 0 Å². The van der Waals surface area contributed by atoms with E-state index in [1.54, 1.807) is 18.5 Å². The Kier molecular flexibility index (Phi) is 4.79. The highest BCUT2D eigenvalue weighted by Crippen LogP contribution is 2.27. The first-order valence-electron chi connectivity index (χ1n) is 6.97. The summed E-state index contributed by atoms with van der Waals surface area (Å²) in [4.78, 5) is 12.7. The van der Waals surface area contributed by atoms with Crippen LogP contribution < -0.4 is 5.32 Å². The smallest absolute Gasteiger partial charge is 0.240 e. The molecule has 0 saturated carbocycles. The van der Waals surface area contributed by atoms with Gasteiger partial charge in [0, 0.05) is 18.4 Å². The van der Waals surface area contributed by atoms with E-state index in [0.29, 0.717) is 23.5 Å². The van der Waals surface area contributed by atoms with Crippen LogP contribution in [-0.2, 0) is 0 Å². The van der Waals surface area contributed by atoms with E-state index in [1.807, 2.05) is 0 Å². The summed E-state index contributed by atoms with van der Waals surface area (Å²) in [5.41, 5.74) is 0. The van der Waals surface area contributed by atoms with E-state index in [4.69, 9.17) is 4.52 Å². The molecule has 6 nitrogen and oxygen atoms in total. The number of nitrogens with one attached hydrogen (secondary N) is 1. The second-order valence-electron chi connectivity index (χ2n) is 5.14. The van der Waals surface area contributed by atoms with Gasteiger partial charge in [-0.25, -0.2) is 9.97 Å². The first-order chi connectivity index (χ1) is 9.63. The summed E-state index contributed by atoms with van der Waals surface area (Å²) in [5.74, 6) is 2.13. The topological polar surface area (TPSA) is 76.7 Å². The van der Waals surface area contributed by atoms with Crippen molar-refractivity contribution in [2.24, 2.45) is 5.92 Å². The van der Waals surface area contributed by atoms with Crippen molar-refractivity contribution in [2.45, 2.75) is 39.7 Å². The number of hydrogen-bond acceptors (Lipinski definition) is 6.